The molecule has 0 bridgehead atoms. The number of hydrogen-bond donors (Lipinski definition) is 1. The Bertz CT molecular complexity index is 858. The number of hydrogen-bond acceptors (Lipinski definition) is 4. The molecule has 1 aromatic heterocycles. The maximum absolute atomic E-state index is 12.6. The van der Waals surface area contributed by atoms with Gasteiger partial charge in [0.2, 0.25) is 5.91 Å². The predicted molar refractivity (Wildman–Crippen MR) is 118 cm³/mol. The van der Waals surface area contributed by atoms with Gasteiger partial charge in [0.05, 0.1) is 0 Å². The van der Waals surface area contributed by atoms with Crippen molar-refractivity contribution >= 4 is 17.6 Å². The lowest BCUT2D eigenvalue weighted by Crippen LogP contribution is -2.43. The minimum atomic E-state index is -0.107. The zero-order valence-electron chi connectivity index (χ0n) is 18.1. The molecule has 160 valence electrons. The molecule has 1 unspecified atom stereocenters. The molecule has 2 amide bonds. The number of likely N-dealkylation sites (tertiary alicyclic amines) is 1. The number of pyridine rings is 1. The van der Waals surface area contributed by atoms with E-state index >= 15 is 0 Å². The number of amides is 2. The minimum absolute atomic E-state index is 0.0254. The van der Waals surface area contributed by atoms with Crippen molar-refractivity contribution < 1.29 is 14.3 Å². The second kappa shape index (κ2) is 10.2. The van der Waals surface area contributed by atoms with E-state index in [1.165, 1.54) is 0 Å². The molecule has 6 heteroatoms. The number of piperidine rings is 1. The molecule has 1 aromatic carbocycles. The predicted octanol–water partition coefficient (Wildman–Crippen LogP) is 4.16. The average Bonchev–Trinajstić information content (AvgIpc) is 2.78. The summed E-state index contributed by atoms with van der Waals surface area (Å²) in [6, 6.07) is 11.6. The monoisotopic (exact) mass is 409 g/mol. The number of aromatic nitrogens is 1. The minimum Gasteiger partial charge on any atom is -0.483 e. The highest BCUT2D eigenvalue weighted by Gasteiger charge is 2.28. The van der Waals surface area contributed by atoms with Crippen molar-refractivity contribution in [1.29, 1.82) is 0 Å². The third kappa shape index (κ3) is 5.59. The van der Waals surface area contributed by atoms with Crippen molar-refractivity contribution in [3.63, 3.8) is 0 Å². The highest BCUT2D eigenvalue weighted by atomic mass is 16.5. The van der Waals surface area contributed by atoms with Crippen LogP contribution >= 0.6 is 0 Å². The van der Waals surface area contributed by atoms with Crippen LogP contribution in [0.1, 0.15) is 50.2 Å². The van der Waals surface area contributed by atoms with E-state index < -0.39 is 0 Å². The van der Waals surface area contributed by atoms with Crippen LogP contribution in [0, 0.1) is 12.8 Å². The Labute approximate surface area is 178 Å². The lowest BCUT2D eigenvalue weighted by molar-refractivity contribution is -0.136. The first-order valence-electron chi connectivity index (χ1n) is 10.7. The fraction of sp³-hybridized carbons (Fsp3) is 0.458. The zero-order valence-corrected chi connectivity index (χ0v) is 18.1. The molecule has 0 aliphatic carbocycles. The van der Waals surface area contributed by atoms with Gasteiger partial charge in [-0.15, -0.1) is 0 Å². The second-order valence-electron chi connectivity index (χ2n) is 8.00. The van der Waals surface area contributed by atoms with Gasteiger partial charge in [-0.05, 0) is 55.4 Å². The molecule has 2 heterocycles. The lowest BCUT2D eigenvalue weighted by Gasteiger charge is -2.31. The molecule has 1 aliphatic rings. The van der Waals surface area contributed by atoms with Crippen LogP contribution in [0.3, 0.4) is 0 Å². The summed E-state index contributed by atoms with van der Waals surface area (Å²) in [4.78, 5) is 31.1. The number of benzene rings is 1. The van der Waals surface area contributed by atoms with Crippen molar-refractivity contribution in [3.05, 3.63) is 53.7 Å². The van der Waals surface area contributed by atoms with E-state index in [-0.39, 0.29) is 24.3 Å². The number of aryl methyl sites for hydroxylation is 1. The van der Waals surface area contributed by atoms with E-state index in [9.17, 15) is 9.59 Å². The molecule has 6 nitrogen and oxygen atoms in total. The van der Waals surface area contributed by atoms with Gasteiger partial charge in [-0.2, -0.15) is 0 Å². The summed E-state index contributed by atoms with van der Waals surface area (Å²) in [6.45, 7) is 7.41. The fourth-order valence-electron chi connectivity index (χ4n) is 3.63. The number of nitrogens with one attached hydrogen (secondary N) is 1. The second-order valence-corrected chi connectivity index (χ2v) is 8.00. The first kappa shape index (κ1) is 21.8. The largest absolute Gasteiger partial charge is 0.483 e. The van der Waals surface area contributed by atoms with Gasteiger partial charge in [0.1, 0.15) is 11.6 Å². The highest BCUT2D eigenvalue weighted by molar-refractivity contribution is 5.91. The summed E-state index contributed by atoms with van der Waals surface area (Å²) in [5, 5.41) is 2.87. The van der Waals surface area contributed by atoms with Gasteiger partial charge in [-0.3, -0.25) is 9.59 Å². The smallest absolute Gasteiger partial charge is 0.260 e. The van der Waals surface area contributed by atoms with Crippen LogP contribution in [0.25, 0.3) is 0 Å². The van der Waals surface area contributed by atoms with E-state index in [0.29, 0.717) is 37.7 Å². The van der Waals surface area contributed by atoms with Crippen LogP contribution in [0.2, 0.25) is 0 Å². The number of anilines is 1. The van der Waals surface area contributed by atoms with Gasteiger partial charge in [-0.1, -0.05) is 38.1 Å². The molecule has 0 radical (unpaired) electrons. The molecule has 1 aliphatic heterocycles. The third-order valence-electron chi connectivity index (χ3n) is 5.79. The lowest BCUT2D eigenvalue weighted by atomic mass is 9.96. The molecule has 1 atom stereocenters. The number of nitrogens with zero attached hydrogens (tertiary/aromatic N) is 2. The molecule has 30 heavy (non-hydrogen) atoms. The van der Waals surface area contributed by atoms with Crippen LogP contribution in [-0.4, -0.2) is 41.4 Å². The Kier molecular flexibility index (Phi) is 7.44. The molecular weight excluding hydrogens is 378 g/mol. The quantitative estimate of drug-likeness (QED) is 0.745. The first-order valence-corrected chi connectivity index (χ1v) is 10.7. The Morgan fingerprint density at radius 2 is 1.93 bits per heavy atom. The van der Waals surface area contributed by atoms with Crippen molar-refractivity contribution in [2.24, 2.45) is 5.92 Å². The van der Waals surface area contributed by atoms with Crippen molar-refractivity contribution in [2.45, 2.75) is 46.0 Å². The van der Waals surface area contributed by atoms with Gasteiger partial charge < -0.3 is 15.0 Å². The van der Waals surface area contributed by atoms with Crippen LogP contribution in [-0.2, 0) is 9.59 Å². The number of rotatable bonds is 7. The third-order valence-corrected chi connectivity index (χ3v) is 5.79. The highest BCUT2D eigenvalue weighted by Crippen LogP contribution is 2.28. The van der Waals surface area contributed by atoms with Crippen molar-refractivity contribution in [1.82, 2.24) is 9.88 Å². The first-order chi connectivity index (χ1) is 14.5. The standard InChI is InChI=1S/C24H31N3O3/c1-4-18(3)20-7-5-6-8-21(20)30-16-23(28)27-13-11-19(12-14-27)24(29)26-22-10-9-17(2)15-25-22/h5-10,15,18-19H,4,11-14,16H2,1-3H3,(H,25,26,29). The van der Waals surface area contributed by atoms with E-state index in [0.717, 1.165) is 23.3 Å². The van der Waals surface area contributed by atoms with E-state index in [1.807, 2.05) is 31.2 Å². The van der Waals surface area contributed by atoms with Gasteiger partial charge >= 0.3 is 0 Å². The Morgan fingerprint density at radius 1 is 1.20 bits per heavy atom. The van der Waals surface area contributed by atoms with Gasteiger partial charge in [-0.25, -0.2) is 4.98 Å². The molecule has 0 saturated carbocycles. The molecule has 1 N–H and O–H groups in total. The maximum atomic E-state index is 12.6. The molecule has 1 fully saturated rings. The molecule has 2 aromatic rings. The number of carbonyl (C=O) groups is 2. The summed E-state index contributed by atoms with van der Waals surface area (Å²) in [5.41, 5.74) is 2.18. The number of para-hydroxylation sites is 1. The Morgan fingerprint density at radius 3 is 2.60 bits per heavy atom. The number of ether oxygens (including phenoxy) is 1. The summed E-state index contributed by atoms with van der Waals surface area (Å²) >= 11 is 0. The van der Waals surface area contributed by atoms with Crippen molar-refractivity contribution in [2.75, 3.05) is 25.0 Å². The summed E-state index contributed by atoms with van der Waals surface area (Å²) in [5.74, 6) is 1.56. The Hall–Kier alpha value is -2.89. The zero-order chi connectivity index (χ0) is 21.5. The number of carbonyl (C=O) groups excluding carboxylic acids is 2. The van der Waals surface area contributed by atoms with Crippen LogP contribution < -0.4 is 10.1 Å². The normalized spacial score (nSPS) is 15.5. The molecular formula is C24H31N3O3. The van der Waals surface area contributed by atoms with Gasteiger partial charge in [0.25, 0.3) is 5.91 Å². The average molecular weight is 410 g/mol. The van der Waals surface area contributed by atoms with E-state index in [2.05, 4.69) is 30.2 Å². The fourth-order valence-corrected chi connectivity index (χ4v) is 3.63. The van der Waals surface area contributed by atoms with Gasteiger partial charge in [0, 0.05) is 25.2 Å². The Balaban J connectivity index is 1.47. The van der Waals surface area contributed by atoms with Crippen molar-refractivity contribution in [3.8, 4) is 5.75 Å². The van der Waals surface area contributed by atoms with E-state index in [4.69, 9.17) is 4.74 Å². The van der Waals surface area contributed by atoms with Crippen LogP contribution in [0.15, 0.2) is 42.6 Å². The molecule has 1 saturated heterocycles. The summed E-state index contributed by atoms with van der Waals surface area (Å²) in [7, 11) is 0. The summed E-state index contributed by atoms with van der Waals surface area (Å²) in [6.07, 6.45) is 4.04. The van der Waals surface area contributed by atoms with Crippen LogP contribution in [0.5, 0.6) is 5.75 Å². The summed E-state index contributed by atoms with van der Waals surface area (Å²) < 4.78 is 5.86. The SMILES string of the molecule is CCC(C)c1ccccc1OCC(=O)N1CCC(C(=O)Nc2ccc(C)cn2)CC1. The van der Waals surface area contributed by atoms with E-state index in [1.54, 1.807) is 17.2 Å². The topological polar surface area (TPSA) is 71.5 Å². The molecule has 3 rings (SSSR count). The molecule has 0 spiro atoms. The van der Waals surface area contributed by atoms with Gasteiger partial charge in [0.15, 0.2) is 6.61 Å². The maximum Gasteiger partial charge on any atom is 0.260 e. The van der Waals surface area contributed by atoms with Crippen LogP contribution in [0.4, 0.5) is 5.82 Å².